The van der Waals surface area contributed by atoms with Crippen LogP contribution in [0.2, 0.25) is 0 Å². The fraction of sp³-hybridized carbons (Fsp3) is 0.0952. The molecule has 0 fully saturated rings. The van der Waals surface area contributed by atoms with Crippen molar-refractivity contribution in [3.05, 3.63) is 71.2 Å². The molecule has 0 aliphatic rings. The monoisotopic (exact) mass is 436 g/mol. The van der Waals surface area contributed by atoms with Crippen LogP contribution in [0.1, 0.15) is 16.1 Å². The Hall–Kier alpha value is -3.43. The van der Waals surface area contributed by atoms with Crippen LogP contribution in [0.25, 0.3) is 21.3 Å². The van der Waals surface area contributed by atoms with E-state index in [1.54, 1.807) is 23.5 Å². The summed E-state index contributed by atoms with van der Waals surface area (Å²) < 4.78 is 9.51. The van der Waals surface area contributed by atoms with Crippen molar-refractivity contribution in [1.29, 1.82) is 0 Å². The number of hydrogen-bond donors (Lipinski definition) is 2. The van der Waals surface area contributed by atoms with Gasteiger partial charge in [-0.25, -0.2) is 0 Å². The predicted molar refractivity (Wildman–Crippen MR) is 116 cm³/mol. The number of fused-ring (bicyclic) bond motifs is 1. The van der Waals surface area contributed by atoms with Crippen LogP contribution >= 0.6 is 23.1 Å². The summed E-state index contributed by atoms with van der Waals surface area (Å²) in [6.07, 6.45) is 0.142. The highest BCUT2D eigenvalue weighted by Gasteiger charge is 2.28. The first-order valence-electron chi connectivity index (χ1n) is 9.02. The highest BCUT2D eigenvalue weighted by Crippen LogP contribution is 2.34. The molecule has 0 aliphatic carbocycles. The Morgan fingerprint density at radius 2 is 1.73 bits per heavy atom. The molecule has 0 radical (unpaired) electrons. The van der Waals surface area contributed by atoms with Gasteiger partial charge in [0.25, 0.3) is 11.8 Å². The third-order valence-corrected chi connectivity index (χ3v) is 6.08. The molecule has 0 bridgehead atoms. The van der Waals surface area contributed by atoms with Crippen molar-refractivity contribution in [3.63, 3.8) is 0 Å². The van der Waals surface area contributed by atoms with Crippen molar-refractivity contribution in [3.8, 4) is 11.3 Å². The molecule has 1 atom stereocenters. The van der Waals surface area contributed by atoms with Crippen LogP contribution in [0, 0.1) is 0 Å². The Kier molecular flexibility index (Phi) is 5.64. The van der Waals surface area contributed by atoms with Gasteiger partial charge in [-0.1, -0.05) is 48.5 Å². The van der Waals surface area contributed by atoms with E-state index < -0.39 is 23.6 Å². The van der Waals surface area contributed by atoms with Crippen LogP contribution in [-0.2, 0) is 16.0 Å². The molecular weight excluding hydrogens is 420 g/mol. The van der Waals surface area contributed by atoms with Gasteiger partial charge in [0.05, 0.1) is 11.7 Å². The minimum atomic E-state index is -1.10. The topological polar surface area (TPSA) is 115 Å². The van der Waals surface area contributed by atoms with Gasteiger partial charge in [-0.2, -0.15) is 8.75 Å². The lowest BCUT2D eigenvalue weighted by Gasteiger charge is -2.16. The molecule has 2 amide bonds. The second-order valence-corrected chi connectivity index (χ2v) is 7.99. The van der Waals surface area contributed by atoms with Crippen LogP contribution in [-0.4, -0.2) is 32.4 Å². The molecule has 0 saturated carbocycles. The van der Waals surface area contributed by atoms with Crippen LogP contribution in [0.5, 0.6) is 0 Å². The van der Waals surface area contributed by atoms with Gasteiger partial charge in [0.1, 0.15) is 11.7 Å². The third kappa shape index (κ3) is 3.98. The van der Waals surface area contributed by atoms with Gasteiger partial charge in [0.15, 0.2) is 5.69 Å². The largest absolute Gasteiger partial charge is 0.363 e. The van der Waals surface area contributed by atoms with E-state index in [0.717, 1.165) is 32.9 Å². The first kappa shape index (κ1) is 19.9. The Morgan fingerprint density at radius 3 is 2.50 bits per heavy atom. The summed E-state index contributed by atoms with van der Waals surface area (Å²) >= 11 is 2.46. The van der Waals surface area contributed by atoms with E-state index >= 15 is 0 Å². The van der Waals surface area contributed by atoms with Gasteiger partial charge in [0.2, 0.25) is 5.78 Å². The smallest absolute Gasteiger partial charge is 0.287 e. The average Bonchev–Trinajstić information content (AvgIpc) is 3.40. The highest BCUT2D eigenvalue weighted by atomic mass is 32.1. The molecule has 9 heteroatoms. The van der Waals surface area contributed by atoms with Crippen molar-refractivity contribution in [1.82, 2.24) is 14.1 Å². The number of hydrogen-bond acceptors (Lipinski definition) is 7. The van der Waals surface area contributed by atoms with Gasteiger partial charge in [-0.05, 0) is 11.6 Å². The number of rotatable bonds is 7. The molecule has 7 nitrogen and oxygen atoms in total. The molecule has 0 saturated heterocycles. The number of Topliss-reactive ketones (excluding diaryl/α,β-unsaturated/α-hetero) is 1. The molecule has 4 aromatic rings. The number of nitrogens with two attached hydrogens (primary N) is 1. The molecule has 4 rings (SSSR count). The summed E-state index contributed by atoms with van der Waals surface area (Å²) in [5.41, 5.74) is 7.34. The maximum Gasteiger partial charge on any atom is 0.287 e. The summed E-state index contributed by atoms with van der Waals surface area (Å²) in [5, 5.41) is 5.51. The maximum atomic E-state index is 13.0. The van der Waals surface area contributed by atoms with Crippen LogP contribution in [0.3, 0.4) is 0 Å². The van der Waals surface area contributed by atoms with E-state index in [2.05, 4.69) is 14.1 Å². The summed E-state index contributed by atoms with van der Waals surface area (Å²) in [7, 11) is 0. The lowest BCUT2D eigenvalue weighted by molar-refractivity contribution is -0.137. The molecule has 1 unspecified atom stereocenters. The number of nitrogens with one attached hydrogen (secondary N) is 1. The Bertz CT molecular complexity index is 1230. The predicted octanol–water partition coefficient (Wildman–Crippen LogP) is 2.82. The first-order valence-corrected chi connectivity index (χ1v) is 10.6. The number of aromatic nitrogens is 2. The van der Waals surface area contributed by atoms with Crippen molar-refractivity contribution >= 4 is 50.7 Å². The summed E-state index contributed by atoms with van der Waals surface area (Å²) in [6.45, 7) is 0. The second-order valence-electron chi connectivity index (χ2n) is 6.55. The van der Waals surface area contributed by atoms with Crippen molar-refractivity contribution < 1.29 is 14.4 Å². The zero-order valence-corrected chi connectivity index (χ0v) is 17.2. The normalized spacial score (nSPS) is 11.9. The fourth-order valence-corrected chi connectivity index (χ4v) is 4.64. The molecule has 0 aliphatic heterocycles. The number of benzene rings is 2. The molecule has 150 valence electrons. The summed E-state index contributed by atoms with van der Waals surface area (Å²) in [4.78, 5) is 36.8. The number of primary amides is 1. The van der Waals surface area contributed by atoms with Crippen LogP contribution in [0.4, 0.5) is 0 Å². The number of thiophene rings is 1. The molecule has 2 aromatic carbocycles. The van der Waals surface area contributed by atoms with Crippen molar-refractivity contribution in [2.45, 2.75) is 12.5 Å². The molecule has 3 N–H and O–H groups in total. The van der Waals surface area contributed by atoms with Crippen molar-refractivity contribution in [2.24, 2.45) is 5.73 Å². The van der Waals surface area contributed by atoms with Gasteiger partial charge < -0.3 is 11.1 Å². The van der Waals surface area contributed by atoms with E-state index in [4.69, 9.17) is 5.73 Å². The lowest BCUT2D eigenvalue weighted by Crippen LogP contribution is -2.47. The zero-order chi connectivity index (χ0) is 21.1. The Morgan fingerprint density at radius 1 is 1.00 bits per heavy atom. The summed E-state index contributed by atoms with van der Waals surface area (Å²) in [5.74, 6) is -2.54. The molecular formula is C21H16N4O3S2. The van der Waals surface area contributed by atoms with E-state index in [1.807, 2.05) is 47.8 Å². The van der Waals surface area contributed by atoms with Crippen molar-refractivity contribution in [2.75, 3.05) is 0 Å². The highest BCUT2D eigenvalue weighted by molar-refractivity contribution is 7.17. The SMILES string of the molecule is NC(=O)C(=O)C(Cc1ccccc1)NC(=O)c1nsnc1-c1csc2ccccc12. The number of carbonyl (C=O) groups excluding carboxylic acids is 3. The second kappa shape index (κ2) is 8.52. The Labute approximate surface area is 179 Å². The molecule has 30 heavy (non-hydrogen) atoms. The number of ketones is 1. The van der Waals surface area contributed by atoms with Gasteiger partial charge >= 0.3 is 0 Å². The molecule has 2 aromatic heterocycles. The average molecular weight is 437 g/mol. The van der Waals surface area contributed by atoms with E-state index in [-0.39, 0.29) is 12.1 Å². The maximum absolute atomic E-state index is 13.0. The number of amides is 2. The van der Waals surface area contributed by atoms with E-state index in [1.165, 1.54) is 0 Å². The minimum absolute atomic E-state index is 0.110. The molecule has 0 spiro atoms. The first-order chi connectivity index (χ1) is 14.5. The minimum Gasteiger partial charge on any atom is -0.363 e. The molecule has 2 heterocycles. The Balaban J connectivity index is 1.63. The zero-order valence-electron chi connectivity index (χ0n) is 15.6. The fourth-order valence-electron chi connectivity index (χ4n) is 3.13. The lowest BCUT2D eigenvalue weighted by atomic mass is 10.0. The van der Waals surface area contributed by atoms with Gasteiger partial charge in [-0.15, -0.1) is 11.3 Å². The van der Waals surface area contributed by atoms with Crippen LogP contribution in [0.15, 0.2) is 60.0 Å². The standard InChI is InChI=1S/C21H16N4O3S2/c22-20(27)19(26)15(10-12-6-2-1-3-7-12)23-21(28)18-17(24-30-25-18)14-11-29-16-9-5-4-8-13(14)16/h1-9,11,15H,10H2,(H2,22,27)(H,23,28). The number of carbonyl (C=O) groups is 3. The summed E-state index contributed by atoms with van der Waals surface area (Å²) in [6, 6.07) is 15.8. The quantitative estimate of drug-likeness (QED) is 0.432. The number of nitrogens with zero attached hydrogens (tertiary/aromatic N) is 2. The van der Waals surface area contributed by atoms with Gasteiger partial charge in [-0.3, -0.25) is 14.4 Å². The van der Waals surface area contributed by atoms with Crippen LogP contribution < -0.4 is 11.1 Å². The van der Waals surface area contributed by atoms with E-state index in [0.29, 0.717) is 5.69 Å². The third-order valence-electron chi connectivity index (χ3n) is 4.59. The van der Waals surface area contributed by atoms with Gasteiger partial charge in [0, 0.05) is 27.5 Å². The van der Waals surface area contributed by atoms with E-state index in [9.17, 15) is 14.4 Å².